The first-order chi connectivity index (χ1) is 32.5. The van der Waals surface area contributed by atoms with Gasteiger partial charge in [-0.2, -0.15) is 0 Å². The highest BCUT2D eigenvalue weighted by molar-refractivity contribution is 5.71. The van der Waals surface area contributed by atoms with E-state index in [2.05, 4.69) is 45.1 Å². The third-order valence-corrected chi connectivity index (χ3v) is 13.2. The molecule has 0 aromatic rings. The fraction of sp³-hybridized carbons (Fsp3) is 0.883. The molecule has 6 heteroatoms. The van der Waals surface area contributed by atoms with E-state index < -0.39 is 6.10 Å². The molecule has 0 aromatic carbocycles. The second-order valence-corrected chi connectivity index (χ2v) is 19.9. The maximum absolute atomic E-state index is 12.8. The fourth-order valence-corrected chi connectivity index (χ4v) is 8.73. The smallest absolute Gasteiger partial charge is 0.306 e. The van der Waals surface area contributed by atoms with Crippen molar-refractivity contribution >= 4 is 17.9 Å². The Morgan fingerprint density at radius 2 is 0.500 bits per heavy atom. The molecule has 0 saturated carbocycles. The number of esters is 3. The summed E-state index contributed by atoms with van der Waals surface area (Å²) in [6.45, 7) is 6.66. The number of allylic oxidation sites excluding steroid dienone is 4. The third kappa shape index (κ3) is 52.9. The Morgan fingerprint density at radius 1 is 0.288 bits per heavy atom. The lowest BCUT2D eigenvalue weighted by molar-refractivity contribution is -0.167. The topological polar surface area (TPSA) is 78.9 Å². The van der Waals surface area contributed by atoms with E-state index in [1.165, 1.54) is 212 Å². The SMILES string of the molecule is CCCCCCC/C=C\CCCCCCCC(=O)OCC(COC(=O)CCCCCCCCCCCCCCCCCCCCC)OC(=O)CCCCCCC/C=C\CCCCCCCC. The van der Waals surface area contributed by atoms with Gasteiger partial charge in [0, 0.05) is 19.3 Å². The lowest BCUT2D eigenvalue weighted by atomic mass is 10.0. The zero-order valence-corrected chi connectivity index (χ0v) is 44.5. The van der Waals surface area contributed by atoms with Crippen LogP contribution in [0, 0.1) is 0 Å². The number of carbonyl (C=O) groups excluding carboxylic acids is 3. The molecule has 0 saturated heterocycles. The van der Waals surface area contributed by atoms with Crippen molar-refractivity contribution in [3.05, 3.63) is 24.3 Å². The molecular formula is C60H112O6. The van der Waals surface area contributed by atoms with Crippen molar-refractivity contribution in [2.75, 3.05) is 13.2 Å². The Morgan fingerprint density at radius 3 is 0.758 bits per heavy atom. The van der Waals surface area contributed by atoms with Gasteiger partial charge in [-0.05, 0) is 70.6 Å². The van der Waals surface area contributed by atoms with Gasteiger partial charge >= 0.3 is 17.9 Å². The van der Waals surface area contributed by atoms with Gasteiger partial charge in [-0.25, -0.2) is 0 Å². The first-order valence-electron chi connectivity index (χ1n) is 29.3. The molecule has 1 unspecified atom stereocenters. The molecule has 0 spiro atoms. The van der Waals surface area contributed by atoms with Crippen LogP contribution in [0.25, 0.3) is 0 Å². The average Bonchev–Trinajstić information content (AvgIpc) is 3.31. The fourth-order valence-electron chi connectivity index (χ4n) is 8.73. The molecule has 0 aliphatic heterocycles. The summed E-state index contributed by atoms with van der Waals surface area (Å²) in [6.07, 6.45) is 64.5. The van der Waals surface area contributed by atoms with Gasteiger partial charge in [0.1, 0.15) is 13.2 Å². The second-order valence-electron chi connectivity index (χ2n) is 19.9. The molecule has 1 atom stereocenters. The van der Waals surface area contributed by atoms with Crippen molar-refractivity contribution in [1.82, 2.24) is 0 Å². The summed E-state index contributed by atoms with van der Waals surface area (Å²) in [7, 11) is 0. The van der Waals surface area contributed by atoms with Crippen molar-refractivity contribution in [3.63, 3.8) is 0 Å². The van der Waals surface area contributed by atoms with Crippen molar-refractivity contribution in [2.24, 2.45) is 0 Å². The highest BCUT2D eigenvalue weighted by Gasteiger charge is 2.19. The number of carbonyl (C=O) groups is 3. The second kappa shape index (κ2) is 55.5. The average molecular weight is 930 g/mol. The Kier molecular flexibility index (Phi) is 53.7. The number of hydrogen-bond donors (Lipinski definition) is 0. The largest absolute Gasteiger partial charge is 0.462 e. The van der Waals surface area contributed by atoms with E-state index >= 15 is 0 Å². The number of ether oxygens (including phenoxy) is 3. The van der Waals surface area contributed by atoms with Crippen LogP contribution in [0.2, 0.25) is 0 Å². The lowest BCUT2D eigenvalue weighted by Crippen LogP contribution is -2.30. The van der Waals surface area contributed by atoms with Crippen LogP contribution in [0.15, 0.2) is 24.3 Å². The van der Waals surface area contributed by atoms with Gasteiger partial charge in [0.15, 0.2) is 6.10 Å². The molecule has 0 aliphatic carbocycles. The quantitative estimate of drug-likeness (QED) is 0.0262. The van der Waals surface area contributed by atoms with Crippen LogP contribution in [-0.4, -0.2) is 37.2 Å². The summed E-state index contributed by atoms with van der Waals surface area (Å²) >= 11 is 0. The van der Waals surface area contributed by atoms with Crippen LogP contribution in [-0.2, 0) is 28.6 Å². The third-order valence-electron chi connectivity index (χ3n) is 13.2. The van der Waals surface area contributed by atoms with Crippen LogP contribution in [0.4, 0.5) is 0 Å². The molecule has 0 radical (unpaired) electrons. The molecular weight excluding hydrogens is 817 g/mol. The summed E-state index contributed by atoms with van der Waals surface area (Å²) in [4.78, 5) is 38.1. The van der Waals surface area contributed by atoms with Crippen molar-refractivity contribution < 1.29 is 28.6 Å². The van der Waals surface area contributed by atoms with Crippen molar-refractivity contribution in [1.29, 1.82) is 0 Å². The molecule has 0 aliphatic rings. The lowest BCUT2D eigenvalue weighted by Gasteiger charge is -2.18. The Bertz CT molecular complexity index is 1070. The van der Waals surface area contributed by atoms with Gasteiger partial charge in [-0.3, -0.25) is 14.4 Å². The minimum absolute atomic E-state index is 0.0728. The minimum atomic E-state index is -0.775. The standard InChI is InChI=1S/C60H112O6/c1-4-7-10-13-16-19-22-25-28-29-30-31-33-35-38-41-44-47-50-53-59(62)65-56-57(55-64-58(61)52-49-46-43-40-37-34-27-24-21-18-15-12-9-6-3)66-60(63)54-51-48-45-42-39-36-32-26-23-20-17-14-11-8-5-2/h24,26-27,32,57H,4-23,25,28-31,33-56H2,1-3H3/b27-24-,32-26-. The van der Waals surface area contributed by atoms with E-state index in [9.17, 15) is 14.4 Å². The maximum atomic E-state index is 12.8. The van der Waals surface area contributed by atoms with Crippen molar-refractivity contribution in [3.8, 4) is 0 Å². The molecule has 0 N–H and O–H groups in total. The number of unbranched alkanes of at least 4 members (excludes halogenated alkanes) is 39. The van der Waals surface area contributed by atoms with Crippen LogP contribution in [0.1, 0.15) is 323 Å². The van der Waals surface area contributed by atoms with E-state index in [0.717, 1.165) is 70.6 Å². The molecule has 0 fully saturated rings. The highest BCUT2D eigenvalue weighted by Crippen LogP contribution is 2.17. The molecule has 0 bridgehead atoms. The zero-order valence-electron chi connectivity index (χ0n) is 44.5. The normalized spacial score (nSPS) is 12.1. The van der Waals surface area contributed by atoms with Gasteiger partial charge in [0.05, 0.1) is 0 Å². The van der Waals surface area contributed by atoms with E-state index in [0.29, 0.717) is 19.3 Å². The minimum Gasteiger partial charge on any atom is -0.462 e. The first kappa shape index (κ1) is 63.9. The first-order valence-corrected chi connectivity index (χ1v) is 29.3. The molecule has 66 heavy (non-hydrogen) atoms. The molecule has 0 heterocycles. The Hall–Kier alpha value is -2.11. The van der Waals surface area contributed by atoms with Crippen LogP contribution < -0.4 is 0 Å². The van der Waals surface area contributed by atoms with Gasteiger partial charge in [-0.15, -0.1) is 0 Å². The molecule has 388 valence electrons. The molecule has 0 rings (SSSR count). The Balaban J connectivity index is 4.32. The van der Waals surface area contributed by atoms with Crippen molar-refractivity contribution in [2.45, 2.75) is 329 Å². The monoisotopic (exact) mass is 929 g/mol. The predicted octanol–water partition coefficient (Wildman–Crippen LogP) is 19.5. The molecule has 6 nitrogen and oxygen atoms in total. The van der Waals surface area contributed by atoms with Crippen LogP contribution in [0.5, 0.6) is 0 Å². The van der Waals surface area contributed by atoms with E-state index in [4.69, 9.17) is 14.2 Å². The summed E-state index contributed by atoms with van der Waals surface area (Å²) in [6, 6.07) is 0. The van der Waals surface area contributed by atoms with Gasteiger partial charge in [0.25, 0.3) is 0 Å². The summed E-state index contributed by atoms with van der Waals surface area (Å²) in [5, 5.41) is 0. The Labute approximate surface area is 411 Å². The summed E-state index contributed by atoms with van der Waals surface area (Å²) in [5.74, 6) is -0.870. The van der Waals surface area contributed by atoms with Gasteiger partial charge in [-0.1, -0.05) is 257 Å². The van der Waals surface area contributed by atoms with E-state index in [1.807, 2.05) is 0 Å². The predicted molar refractivity (Wildman–Crippen MR) is 284 cm³/mol. The van der Waals surface area contributed by atoms with Gasteiger partial charge < -0.3 is 14.2 Å². The number of rotatable bonds is 54. The van der Waals surface area contributed by atoms with Gasteiger partial charge in [0.2, 0.25) is 0 Å². The van der Waals surface area contributed by atoms with E-state index in [1.54, 1.807) is 0 Å². The molecule has 0 aromatic heterocycles. The number of hydrogen-bond acceptors (Lipinski definition) is 6. The maximum Gasteiger partial charge on any atom is 0.306 e. The summed E-state index contributed by atoms with van der Waals surface area (Å²) < 4.78 is 16.9. The molecule has 0 amide bonds. The van der Waals surface area contributed by atoms with E-state index in [-0.39, 0.29) is 31.1 Å². The highest BCUT2D eigenvalue weighted by atomic mass is 16.6. The van der Waals surface area contributed by atoms with Crippen LogP contribution >= 0.6 is 0 Å². The summed E-state index contributed by atoms with van der Waals surface area (Å²) in [5.41, 5.74) is 0. The zero-order chi connectivity index (χ0) is 47.9. The van der Waals surface area contributed by atoms with Crippen LogP contribution in [0.3, 0.4) is 0 Å².